The van der Waals surface area contributed by atoms with Crippen LogP contribution in [0, 0.1) is 11.8 Å². The van der Waals surface area contributed by atoms with Gasteiger partial charge in [-0.2, -0.15) is 0 Å². The topological polar surface area (TPSA) is 103 Å². The predicted molar refractivity (Wildman–Crippen MR) is 111 cm³/mol. The maximum Gasteiger partial charge on any atom is 0.326 e. The second-order valence-corrected chi connectivity index (χ2v) is 7.72. The van der Waals surface area contributed by atoms with Crippen LogP contribution in [0.15, 0.2) is 12.1 Å². The SMILES string of the molecule is CCC[C@]1(C(=O)OC)N[C@H](c2cc(OC)c(OC)c(OC)c2)[C@@H]2C(=O)N(CC)C(=O)[C@H]21. The van der Waals surface area contributed by atoms with Crippen LogP contribution in [0.25, 0.3) is 0 Å². The molecule has 2 aliphatic rings. The number of benzene rings is 1. The van der Waals surface area contributed by atoms with E-state index in [1.54, 1.807) is 19.1 Å². The van der Waals surface area contributed by atoms with E-state index in [-0.39, 0.29) is 18.4 Å². The van der Waals surface area contributed by atoms with Crippen molar-refractivity contribution >= 4 is 17.8 Å². The molecule has 2 heterocycles. The second-order valence-electron chi connectivity index (χ2n) is 7.72. The maximum atomic E-state index is 13.3. The number of nitrogens with one attached hydrogen (secondary N) is 1. The lowest BCUT2D eigenvalue weighted by atomic mass is 9.77. The number of carbonyl (C=O) groups is 3. The smallest absolute Gasteiger partial charge is 0.326 e. The van der Waals surface area contributed by atoms with E-state index >= 15 is 0 Å². The molecule has 2 saturated heterocycles. The quantitative estimate of drug-likeness (QED) is 0.487. The van der Waals surface area contributed by atoms with E-state index < -0.39 is 29.4 Å². The van der Waals surface area contributed by atoms with Gasteiger partial charge in [0.1, 0.15) is 5.54 Å². The molecule has 2 fully saturated rings. The van der Waals surface area contributed by atoms with Crippen LogP contribution in [0.2, 0.25) is 0 Å². The van der Waals surface area contributed by atoms with Gasteiger partial charge >= 0.3 is 5.97 Å². The Balaban J connectivity index is 2.21. The Morgan fingerprint density at radius 1 is 1.03 bits per heavy atom. The van der Waals surface area contributed by atoms with Gasteiger partial charge in [0.2, 0.25) is 17.6 Å². The van der Waals surface area contributed by atoms with E-state index in [1.807, 2.05) is 6.92 Å². The van der Waals surface area contributed by atoms with Crippen LogP contribution in [-0.4, -0.2) is 63.2 Å². The highest BCUT2D eigenvalue weighted by Crippen LogP contribution is 2.52. The number of rotatable bonds is 8. The van der Waals surface area contributed by atoms with Crippen molar-refractivity contribution in [3.63, 3.8) is 0 Å². The van der Waals surface area contributed by atoms with Crippen LogP contribution >= 0.6 is 0 Å². The Hall–Kier alpha value is -2.81. The minimum Gasteiger partial charge on any atom is -0.493 e. The lowest BCUT2D eigenvalue weighted by molar-refractivity contribution is -0.154. The molecule has 0 unspecified atom stereocenters. The van der Waals surface area contributed by atoms with Gasteiger partial charge in [-0.05, 0) is 31.0 Å². The lowest BCUT2D eigenvalue weighted by Crippen LogP contribution is -2.56. The number of hydrogen-bond acceptors (Lipinski definition) is 8. The van der Waals surface area contributed by atoms with Gasteiger partial charge in [-0.3, -0.25) is 24.6 Å². The fraction of sp³-hybridized carbons (Fsp3) is 0.591. The molecule has 2 amide bonds. The lowest BCUT2D eigenvalue weighted by Gasteiger charge is -2.32. The molecule has 0 radical (unpaired) electrons. The number of amides is 2. The highest BCUT2D eigenvalue weighted by Gasteiger charge is 2.68. The molecule has 0 spiro atoms. The van der Waals surface area contributed by atoms with Crippen LogP contribution in [0.1, 0.15) is 38.3 Å². The first-order chi connectivity index (χ1) is 14.8. The Bertz CT molecular complexity index is 862. The van der Waals surface area contributed by atoms with Gasteiger partial charge in [-0.1, -0.05) is 13.3 Å². The summed E-state index contributed by atoms with van der Waals surface area (Å²) in [6.07, 6.45) is 0.985. The molecule has 9 heteroatoms. The molecule has 0 aliphatic carbocycles. The van der Waals surface area contributed by atoms with Gasteiger partial charge in [0.25, 0.3) is 0 Å². The number of imide groups is 1. The standard InChI is InChI=1S/C22H30N2O7/c1-7-9-22(21(27)31-6)16-15(19(25)24(8-2)20(16)26)17(23-22)12-10-13(28-3)18(30-5)14(11-12)29-4/h10-11,15-17,23H,7-9H2,1-6H3/t15-,16+,17-,22+/m1/s1. The van der Waals surface area contributed by atoms with Crippen molar-refractivity contribution in [1.29, 1.82) is 0 Å². The normalized spacial score (nSPS) is 27.3. The van der Waals surface area contributed by atoms with Crippen LogP contribution in [-0.2, 0) is 19.1 Å². The first-order valence-corrected chi connectivity index (χ1v) is 10.4. The summed E-state index contributed by atoms with van der Waals surface area (Å²) in [7, 11) is 5.81. The molecule has 170 valence electrons. The van der Waals surface area contributed by atoms with Gasteiger partial charge < -0.3 is 18.9 Å². The van der Waals surface area contributed by atoms with Crippen LogP contribution in [0.5, 0.6) is 17.2 Å². The van der Waals surface area contributed by atoms with Gasteiger partial charge in [-0.15, -0.1) is 0 Å². The van der Waals surface area contributed by atoms with Gasteiger partial charge in [0.15, 0.2) is 11.5 Å². The molecule has 0 saturated carbocycles. The summed E-state index contributed by atoms with van der Waals surface area (Å²) in [5, 5.41) is 3.33. The molecule has 1 N–H and O–H groups in total. The number of methoxy groups -OCH3 is 4. The summed E-state index contributed by atoms with van der Waals surface area (Å²) in [6, 6.07) is 2.86. The molecular formula is C22H30N2O7. The van der Waals surface area contributed by atoms with E-state index in [1.165, 1.54) is 33.3 Å². The van der Waals surface area contributed by atoms with Crippen molar-refractivity contribution in [3.05, 3.63) is 17.7 Å². The molecule has 0 aromatic heterocycles. The minimum absolute atomic E-state index is 0.246. The molecule has 3 rings (SSSR count). The number of ether oxygens (including phenoxy) is 4. The Labute approximate surface area is 182 Å². The van der Waals surface area contributed by atoms with Crippen molar-refractivity contribution < 1.29 is 33.3 Å². The average Bonchev–Trinajstić information content (AvgIpc) is 3.26. The summed E-state index contributed by atoms with van der Waals surface area (Å²) in [5.74, 6) is -1.53. The van der Waals surface area contributed by atoms with E-state index in [0.717, 1.165) is 0 Å². The monoisotopic (exact) mass is 434 g/mol. The molecule has 31 heavy (non-hydrogen) atoms. The van der Waals surface area contributed by atoms with Crippen LogP contribution in [0.3, 0.4) is 0 Å². The third-order valence-electron chi connectivity index (χ3n) is 6.30. The van der Waals surface area contributed by atoms with Crippen molar-refractivity contribution in [2.75, 3.05) is 35.0 Å². The Morgan fingerprint density at radius 3 is 2.10 bits per heavy atom. The number of nitrogens with zero attached hydrogens (tertiary/aromatic N) is 1. The number of esters is 1. The highest BCUT2D eigenvalue weighted by atomic mass is 16.5. The van der Waals surface area contributed by atoms with Gasteiger partial charge in [0, 0.05) is 12.6 Å². The molecule has 4 atom stereocenters. The zero-order valence-corrected chi connectivity index (χ0v) is 18.8. The first kappa shape index (κ1) is 22.9. The molecule has 0 bridgehead atoms. The average molecular weight is 434 g/mol. The fourth-order valence-corrected chi connectivity index (χ4v) is 5.04. The Kier molecular flexibility index (Phi) is 6.45. The summed E-state index contributed by atoms with van der Waals surface area (Å²) in [6.45, 7) is 3.92. The van der Waals surface area contributed by atoms with E-state index in [9.17, 15) is 14.4 Å². The van der Waals surface area contributed by atoms with E-state index in [2.05, 4.69) is 5.32 Å². The van der Waals surface area contributed by atoms with Crippen molar-refractivity contribution in [2.45, 2.75) is 38.3 Å². The molecular weight excluding hydrogens is 404 g/mol. The van der Waals surface area contributed by atoms with Gasteiger partial charge in [0.05, 0.1) is 40.3 Å². The molecule has 9 nitrogen and oxygen atoms in total. The Morgan fingerprint density at radius 2 is 1.65 bits per heavy atom. The first-order valence-electron chi connectivity index (χ1n) is 10.4. The predicted octanol–water partition coefficient (Wildman–Crippen LogP) is 1.69. The van der Waals surface area contributed by atoms with Crippen molar-refractivity contribution in [1.82, 2.24) is 10.2 Å². The maximum absolute atomic E-state index is 13.3. The molecule has 1 aromatic carbocycles. The third-order valence-corrected chi connectivity index (χ3v) is 6.30. The van der Waals surface area contributed by atoms with E-state index in [0.29, 0.717) is 35.7 Å². The number of hydrogen-bond donors (Lipinski definition) is 1. The number of carbonyl (C=O) groups excluding carboxylic acids is 3. The highest BCUT2D eigenvalue weighted by molar-refractivity contribution is 6.09. The van der Waals surface area contributed by atoms with Crippen molar-refractivity contribution in [3.8, 4) is 17.2 Å². The molecule has 2 aliphatic heterocycles. The van der Waals surface area contributed by atoms with E-state index in [4.69, 9.17) is 18.9 Å². The van der Waals surface area contributed by atoms with Gasteiger partial charge in [-0.25, -0.2) is 0 Å². The summed E-state index contributed by atoms with van der Waals surface area (Å²) >= 11 is 0. The zero-order valence-electron chi connectivity index (χ0n) is 18.8. The number of fused-ring (bicyclic) bond motifs is 1. The summed E-state index contributed by atoms with van der Waals surface area (Å²) < 4.78 is 21.4. The third kappa shape index (κ3) is 3.31. The number of likely N-dealkylation sites (tertiary alicyclic amines) is 1. The summed E-state index contributed by atoms with van der Waals surface area (Å²) in [4.78, 5) is 40.8. The van der Waals surface area contributed by atoms with Crippen molar-refractivity contribution in [2.24, 2.45) is 11.8 Å². The largest absolute Gasteiger partial charge is 0.493 e. The summed E-state index contributed by atoms with van der Waals surface area (Å²) in [5.41, 5.74) is -0.638. The van der Waals surface area contributed by atoms with Crippen LogP contribution in [0.4, 0.5) is 0 Å². The minimum atomic E-state index is -1.30. The van der Waals surface area contributed by atoms with Crippen LogP contribution < -0.4 is 19.5 Å². The second kappa shape index (κ2) is 8.74. The zero-order chi connectivity index (χ0) is 22.9. The fourth-order valence-electron chi connectivity index (χ4n) is 5.04. The molecule has 1 aromatic rings.